The lowest BCUT2D eigenvalue weighted by Gasteiger charge is -2.19. The molecule has 4 aromatic rings. The Kier molecular flexibility index (Phi) is 6.22. The van der Waals surface area contributed by atoms with Crippen LogP contribution in [-0.4, -0.2) is 11.5 Å². The molecule has 3 aromatic carbocycles. The molecular weight excluding hydrogens is 493 g/mol. The molecule has 0 saturated carbocycles. The molecule has 1 N–H and O–H groups in total. The molecule has 4 rings (SSSR count). The second kappa shape index (κ2) is 8.90. The van der Waals surface area contributed by atoms with E-state index in [0.29, 0.717) is 9.35 Å². The quantitative estimate of drug-likeness (QED) is 0.298. The molecular formula is C23H16BrF3O3S. The molecule has 3 nitrogen and oxygen atoms in total. The minimum absolute atomic E-state index is 0.0113. The average Bonchev–Trinajstić information content (AvgIpc) is 3.17. The Labute approximate surface area is 188 Å². The summed E-state index contributed by atoms with van der Waals surface area (Å²) in [5.74, 6) is -0.334. The van der Waals surface area contributed by atoms with Crippen LogP contribution in [0.25, 0.3) is 10.1 Å². The van der Waals surface area contributed by atoms with E-state index in [-0.39, 0.29) is 17.9 Å². The second-order valence-electron chi connectivity index (χ2n) is 6.73. The predicted molar refractivity (Wildman–Crippen MR) is 117 cm³/mol. The zero-order chi connectivity index (χ0) is 22.0. The van der Waals surface area contributed by atoms with Crippen molar-refractivity contribution < 1.29 is 27.8 Å². The van der Waals surface area contributed by atoms with Gasteiger partial charge in [0.15, 0.2) is 0 Å². The van der Waals surface area contributed by atoms with Gasteiger partial charge >= 0.3 is 6.36 Å². The van der Waals surface area contributed by atoms with Gasteiger partial charge in [0.05, 0.1) is 4.47 Å². The van der Waals surface area contributed by atoms with Gasteiger partial charge in [-0.15, -0.1) is 24.5 Å². The third kappa shape index (κ3) is 5.20. The van der Waals surface area contributed by atoms with Gasteiger partial charge in [0.2, 0.25) is 0 Å². The fourth-order valence-corrected chi connectivity index (χ4v) is 4.66. The van der Waals surface area contributed by atoms with Crippen LogP contribution in [0.4, 0.5) is 13.2 Å². The lowest BCUT2D eigenvalue weighted by molar-refractivity contribution is -0.275. The summed E-state index contributed by atoms with van der Waals surface area (Å²) in [5, 5.41) is 11.8. The predicted octanol–water partition coefficient (Wildman–Crippen LogP) is 7.22. The summed E-state index contributed by atoms with van der Waals surface area (Å²) in [4.78, 5) is 0.512. The highest BCUT2D eigenvalue weighted by Crippen LogP contribution is 2.42. The van der Waals surface area contributed by atoms with Gasteiger partial charge in [0, 0.05) is 21.2 Å². The van der Waals surface area contributed by atoms with Crippen LogP contribution in [0.15, 0.2) is 77.3 Å². The van der Waals surface area contributed by atoms with Crippen molar-refractivity contribution in [3.05, 3.63) is 93.3 Å². The Morgan fingerprint density at radius 3 is 2.35 bits per heavy atom. The van der Waals surface area contributed by atoms with Crippen molar-refractivity contribution in [3.8, 4) is 11.5 Å². The summed E-state index contributed by atoms with van der Waals surface area (Å²) in [6, 6.07) is 21.0. The van der Waals surface area contributed by atoms with Gasteiger partial charge in [0.25, 0.3) is 0 Å². The number of aliphatic hydroxyl groups excluding tert-OH is 1. The SMILES string of the molecule is OC(c1cc2ccccc2s1)c1cc(Br)c(OCc2ccccc2)cc1OC(F)(F)F. The molecule has 0 amide bonds. The van der Waals surface area contributed by atoms with E-state index in [1.807, 2.05) is 54.6 Å². The molecule has 0 aliphatic heterocycles. The van der Waals surface area contributed by atoms with Gasteiger partial charge in [-0.2, -0.15) is 0 Å². The molecule has 0 aliphatic rings. The first-order valence-corrected chi connectivity index (χ1v) is 10.8. The van der Waals surface area contributed by atoms with Crippen LogP contribution in [0, 0.1) is 0 Å². The largest absolute Gasteiger partial charge is 0.573 e. The van der Waals surface area contributed by atoms with Gasteiger partial charge in [-0.05, 0) is 45.1 Å². The number of hydrogen-bond donors (Lipinski definition) is 1. The zero-order valence-corrected chi connectivity index (χ0v) is 18.3. The van der Waals surface area contributed by atoms with Crippen molar-refractivity contribution in [1.82, 2.24) is 0 Å². The molecule has 0 radical (unpaired) electrons. The minimum Gasteiger partial charge on any atom is -0.488 e. The number of hydrogen-bond acceptors (Lipinski definition) is 4. The Bertz CT molecular complexity index is 1160. The van der Waals surface area contributed by atoms with Crippen molar-refractivity contribution in [2.45, 2.75) is 19.1 Å². The summed E-state index contributed by atoms with van der Waals surface area (Å²) in [5.41, 5.74) is 0.852. The molecule has 0 bridgehead atoms. The Morgan fingerprint density at radius 2 is 1.65 bits per heavy atom. The molecule has 0 spiro atoms. The van der Waals surface area contributed by atoms with E-state index in [4.69, 9.17) is 4.74 Å². The maximum Gasteiger partial charge on any atom is 0.573 e. The summed E-state index contributed by atoms with van der Waals surface area (Å²) >= 11 is 4.65. The first-order chi connectivity index (χ1) is 14.8. The Balaban J connectivity index is 1.69. The smallest absolute Gasteiger partial charge is 0.488 e. The zero-order valence-electron chi connectivity index (χ0n) is 15.9. The number of halogens is 4. The molecule has 1 aromatic heterocycles. The number of thiophene rings is 1. The molecule has 160 valence electrons. The van der Waals surface area contributed by atoms with Crippen LogP contribution in [0.1, 0.15) is 22.1 Å². The third-order valence-corrected chi connectivity index (χ3v) is 6.32. The molecule has 1 unspecified atom stereocenters. The molecule has 0 aliphatic carbocycles. The Hall–Kier alpha value is -2.55. The van der Waals surface area contributed by atoms with Crippen molar-refractivity contribution in [3.63, 3.8) is 0 Å². The number of benzene rings is 3. The van der Waals surface area contributed by atoms with Crippen LogP contribution in [-0.2, 0) is 6.61 Å². The summed E-state index contributed by atoms with van der Waals surface area (Å²) in [7, 11) is 0. The highest BCUT2D eigenvalue weighted by Gasteiger charge is 2.34. The Morgan fingerprint density at radius 1 is 0.935 bits per heavy atom. The van der Waals surface area contributed by atoms with Crippen molar-refractivity contribution in [1.29, 1.82) is 0 Å². The average molecular weight is 509 g/mol. The lowest BCUT2D eigenvalue weighted by atomic mass is 10.1. The minimum atomic E-state index is -4.92. The second-order valence-corrected chi connectivity index (χ2v) is 8.70. The maximum absolute atomic E-state index is 13.1. The van der Waals surface area contributed by atoms with Gasteiger partial charge in [-0.25, -0.2) is 0 Å². The lowest BCUT2D eigenvalue weighted by Crippen LogP contribution is -2.19. The van der Waals surface area contributed by atoms with E-state index >= 15 is 0 Å². The van der Waals surface area contributed by atoms with Gasteiger partial charge in [0.1, 0.15) is 24.2 Å². The summed E-state index contributed by atoms with van der Waals surface area (Å²) < 4.78 is 50.5. The number of aliphatic hydroxyl groups is 1. The van der Waals surface area contributed by atoms with Crippen LogP contribution >= 0.6 is 27.3 Å². The fraction of sp³-hybridized carbons (Fsp3) is 0.130. The van der Waals surface area contributed by atoms with E-state index in [1.165, 1.54) is 17.4 Å². The van der Waals surface area contributed by atoms with E-state index in [9.17, 15) is 18.3 Å². The van der Waals surface area contributed by atoms with Crippen LogP contribution < -0.4 is 9.47 Å². The normalized spacial score (nSPS) is 12.7. The van der Waals surface area contributed by atoms with Crippen molar-refractivity contribution >= 4 is 37.4 Å². The van der Waals surface area contributed by atoms with Crippen molar-refractivity contribution in [2.75, 3.05) is 0 Å². The number of alkyl halides is 3. The van der Waals surface area contributed by atoms with Gasteiger partial charge in [-0.1, -0.05) is 48.5 Å². The monoisotopic (exact) mass is 508 g/mol. The standard InChI is InChI=1S/C23H16BrF3O3S/c24-17-11-16(22(28)21-10-15-8-4-5-9-20(15)31-21)18(30-23(25,26)27)12-19(17)29-13-14-6-2-1-3-7-14/h1-12,22,28H,13H2. The molecule has 31 heavy (non-hydrogen) atoms. The first-order valence-electron chi connectivity index (χ1n) is 9.22. The molecule has 1 atom stereocenters. The maximum atomic E-state index is 13.1. The van der Waals surface area contributed by atoms with Gasteiger partial charge in [-0.3, -0.25) is 0 Å². The summed E-state index contributed by atoms with van der Waals surface area (Å²) in [6.07, 6.45) is -6.21. The number of fused-ring (bicyclic) bond motifs is 1. The number of rotatable bonds is 6. The van der Waals surface area contributed by atoms with E-state index in [1.54, 1.807) is 6.07 Å². The molecule has 0 fully saturated rings. The highest BCUT2D eigenvalue weighted by molar-refractivity contribution is 9.10. The van der Waals surface area contributed by atoms with Crippen LogP contribution in [0.2, 0.25) is 0 Å². The first kappa shape index (κ1) is 21.7. The molecule has 8 heteroatoms. The summed E-state index contributed by atoms with van der Waals surface area (Å²) in [6.45, 7) is 0.170. The topological polar surface area (TPSA) is 38.7 Å². The van der Waals surface area contributed by atoms with Gasteiger partial charge < -0.3 is 14.6 Å². The molecule has 0 saturated heterocycles. The highest BCUT2D eigenvalue weighted by atomic mass is 79.9. The molecule has 1 heterocycles. The fourth-order valence-electron chi connectivity index (χ4n) is 3.11. The van der Waals surface area contributed by atoms with E-state index in [2.05, 4.69) is 20.7 Å². The van der Waals surface area contributed by atoms with Crippen LogP contribution in [0.3, 0.4) is 0 Å². The van der Waals surface area contributed by atoms with Crippen molar-refractivity contribution in [2.24, 2.45) is 0 Å². The van der Waals surface area contributed by atoms with E-state index in [0.717, 1.165) is 21.7 Å². The van der Waals surface area contributed by atoms with E-state index < -0.39 is 18.2 Å². The van der Waals surface area contributed by atoms with Crippen LogP contribution in [0.5, 0.6) is 11.5 Å². The number of ether oxygens (including phenoxy) is 2. The third-order valence-electron chi connectivity index (χ3n) is 4.54.